The Labute approximate surface area is 100 Å². The van der Waals surface area contributed by atoms with Crippen LogP contribution in [-0.4, -0.2) is 13.4 Å². The molecule has 1 heterocycles. The van der Waals surface area contributed by atoms with Crippen molar-refractivity contribution in [1.82, 2.24) is 4.98 Å². The molecule has 0 spiro atoms. The third-order valence-electron chi connectivity index (χ3n) is 2.19. The van der Waals surface area contributed by atoms with Crippen molar-refractivity contribution in [2.45, 2.75) is 11.8 Å². The SMILES string of the molecule is Cc1ccc(S(=O)(=O)[N-]c2cccnc2)cc1. The second-order valence-electron chi connectivity index (χ2n) is 3.59. The minimum absolute atomic E-state index is 0.187. The number of pyridine rings is 1. The van der Waals surface area contributed by atoms with Gasteiger partial charge in [-0.25, -0.2) is 8.42 Å². The van der Waals surface area contributed by atoms with Crippen LogP contribution in [0.3, 0.4) is 0 Å². The monoisotopic (exact) mass is 247 g/mol. The van der Waals surface area contributed by atoms with Crippen LogP contribution in [0.5, 0.6) is 0 Å². The van der Waals surface area contributed by atoms with Crippen molar-refractivity contribution in [2.75, 3.05) is 0 Å². The lowest BCUT2D eigenvalue weighted by molar-refractivity contribution is 0.603. The molecule has 0 bridgehead atoms. The van der Waals surface area contributed by atoms with E-state index in [0.717, 1.165) is 5.56 Å². The molecule has 1 aromatic heterocycles. The third-order valence-corrected chi connectivity index (χ3v) is 3.51. The highest BCUT2D eigenvalue weighted by molar-refractivity contribution is 7.94. The zero-order valence-electron chi connectivity index (χ0n) is 9.24. The molecule has 0 saturated heterocycles. The molecule has 0 aliphatic carbocycles. The number of aryl methyl sites for hydroxylation is 1. The first-order valence-corrected chi connectivity index (χ1v) is 6.47. The largest absolute Gasteiger partial charge is 0.571 e. The standard InChI is InChI=1S/C12H11N2O2S/c1-10-4-6-12(7-5-10)17(15,16)14-11-3-2-8-13-9-11/h2-9H,1H3/q-1. The lowest BCUT2D eigenvalue weighted by Gasteiger charge is -2.21. The minimum Gasteiger partial charge on any atom is -0.571 e. The Balaban J connectivity index is 2.29. The van der Waals surface area contributed by atoms with Crippen LogP contribution in [-0.2, 0) is 10.0 Å². The van der Waals surface area contributed by atoms with Gasteiger partial charge < -0.3 is 4.72 Å². The molecule has 2 rings (SSSR count). The predicted molar refractivity (Wildman–Crippen MR) is 65.6 cm³/mol. The lowest BCUT2D eigenvalue weighted by atomic mass is 10.2. The quantitative estimate of drug-likeness (QED) is 0.837. The van der Waals surface area contributed by atoms with E-state index < -0.39 is 10.0 Å². The zero-order chi connectivity index (χ0) is 12.3. The molecule has 0 fully saturated rings. The number of hydrogen-bond donors (Lipinski definition) is 0. The Kier molecular flexibility index (Phi) is 3.10. The summed E-state index contributed by atoms with van der Waals surface area (Å²) in [5.74, 6) is 0. The zero-order valence-corrected chi connectivity index (χ0v) is 10.1. The molecule has 88 valence electrons. The van der Waals surface area contributed by atoms with Crippen LogP contribution in [0.25, 0.3) is 4.72 Å². The Hall–Kier alpha value is -1.88. The first-order valence-electron chi connectivity index (χ1n) is 5.03. The van der Waals surface area contributed by atoms with Gasteiger partial charge >= 0.3 is 0 Å². The maximum atomic E-state index is 11.9. The first kappa shape index (κ1) is 11.6. The van der Waals surface area contributed by atoms with Crippen LogP contribution in [0.1, 0.15) is 5.56 Å². The van der Waals surface area contributed by atoms with Crippen LogP contribution in [0.4, 0.5) is 5.69 Å². The smallest absolute Gasteiger partial charge is 0.123 e. The van der Waals surface area contributed by atoms with E-state index in [2.05, 4.69) is 9.71 Å². The molecule has 2 aromatic rings. The molecule has 0 aliphatic heterocycles. The molecule has 0 amide bonds. The van der Waals surface area contributed by atoms with Gasteiger partial charge in [0, 0.05) is 12.4 Å². The van der Waals surface area contributed by atoms with Gasteiger partial charge in [0.15, 0.2) is 0 Å². The highest BCUT2D eigenvalue weighted by atomic mass is 32.2. The molecule has 0 radical (unpaired) electrons. The van der Waals surface area contributed by atoms with E-state index in [1.54, 1.807) is 42.6 Å². The lowest BCUT2D eigenvalue weighted by Crippen LogP contribution is -1.97. The van der Waals surface area contributed by atoms with Crippen molar-refractivity contribution >= 4 is 15.7 Å². The van der Waals surface area contributed by atoms with E-state index in [-0.39, 0.29) is 4.90 Å². The summed E-state index contributed by atoms with van der Waals surface area (Å²) in [5.41, 5.74) is 1.33. The second kappa shape index (κ2) is 4.55. The average Bonchev–Trinajstić information content (AvgIpc) is 2.30. The summed E-state index contributed by atoms with van der Waals surface area (Å²) >= 11 is 0. The summed E-state index contributed by atoms with van der Waals surface area (Å²) in [6, 6.07) is 9.81. The van der Waals surface area contributed by atoms with Gasteiger partial charge in [0.1, 0.15) is 10.0 Å². The first-order chi connectivity index (χ1) is 8.08. The van der Waals surface area contributed by atoms with Gasteiger partial charge in [-0.05, 0) is 25.1 Å². The molecule has 1 aromatic carbocycles. The number of rotatable bonds is 3. The Morgan fingerprint density at radius 3 is 2.41 bits per heavy atom. The molecule has 17 heavy (non-hydrogen) atoms. The third kappa shape index (κ3) is 2.82. The number of sulfonamides is 1. The van der Waals surface area contributed by atoms with Gasteiger partial charge in [0.2, 0.25) is 0 Å². The van der Waals surface area contributed by atoms with E-state index in [1.807, 2.05) is 6.92 Å². The normalized spacial score (nSPS) is 11.1. The fourth-order valence-corrected chi connectivity index (χ4v) is 2.28. The van der Waals surface area contributed by atoms with E-state index in [1.165, 1.54) is 6.20 Å². The molecule has 0 unspecified atom stereocenters. The van der Waals surface area contributed by atoms with Crippen molar-refractivity contribution in [2.24, 2.45) is 0 Å². The molecule has 0 aliphatic rings. The number of benzene rings is 1. The summed E-state index contributed by atoms with van der Waals surface area (Å²) in [7, 11) is -3.65. The summed E-state index contributed by atoms with van der Waals surface area (Å²) < 4.78 is 27.5. The Morgan fingerprint density at radius 2 is 1.82 bits per heavy atom. The number of aromatic nitrogens is 1. The second-order valence-corrected chi connectivity index (χ2v) is 5.19. The van der Waals surface area contributed by atoms with Crippen molar-refractivity contribution in [3.63, 3.8) is 0 Å². The summed E-state index contributed by atoms with van der Waals surface area (Å²) in [6.45, 7) is 1.90. The Morgan fingerprint density at radius 1 is 1.12 bits per heavy atom. The van der Waals surface area contributed by atoms with E-state index in [0.29, 0.717) is 5.69 Å². The van der Waals surface area contributed by atoms with E-state index in [4.69, 9.17) is 0 Å². The van der Waals surface area contributed by atoms with E-state index in [9.17, 15) is 8.42 Å². The van der Waals surface area contributed by atoms with Crippen LogP contribution < -0.4 is 0 Å². The van der Waals surface area contributed by atoms with Gasteiger partial charge in [0.05, 0.1) is 4.90 Å². The maximum Gasteiger partial charge on any atom is 0.123 e. The van der Waals surface area contributed by atoms with Crippen molar-refractivity contribution in [1.29, 1.82) is 0 Å². The fraction of sp³-hybridized carbons (Fsp3) is 0.0833. The summed E-state index contributed by atoms with van der Waals surface area (Å²) in [4.78, 5) is 4.01. The van der Waals surface area contributed by atoms with Gasteiger partial charge in [-0.3, -0.25) is 4.98 Å². The summed E-state index contributed by atoms with van der Waals surface area (Å²) in [5, 5.41) is 0. The predicted octanol–water partition coefficient (Wildman–Crippen LogP) is 2.78. The topological polar surface area (TPSA) is 61.1 Å². The average molecular weight is 247 g/mol. The van der Waals surface area contributed by atoms with Gasteiger partial charge in [-0.15, -0.1) is 5.69 Å². The number of nitrogens with zero attached hydrogens (tertiary/aromatic N) is 2. The van der Waals surface area contributed by atoms with Gasteiger partial charge in [-0.1, -0.05) is 23.8 Å². The van der Waals surface area contributed by atoms with Gasteiger partial charge in [-0.2, -0.15) is 0 Å². The maximum absolute atomic E-state index is 11.9. The van der Waals surface area contributed by atoms with Crippen LogP contribution in [0.2, 0.25) is 0 Å². The van der Waals surface area contributed by atoms with Crippen LogP contribution >= 0.6 is 0 Å². The fourth-order valence-electron chi connectivity index (χ4n) is 1.31. The molecule has 0 atom stereocenters. The number of hydrogen-bond acceptors (Lipinski definition) is 3. The molecular formula is C12H11N2O2S-. The van der Waals surface area contributed by atoms with Crippen LogP contribution in [0, 0.1) is 6.92 Å². The molecule has 5 heteroatoms. The minimum atomic E-state index is -3.65. The molecule has 4 nitrogen and oxygen atoms in total. The molecule has 0 N–H and O–H groups in total. The van der Waals surface area contributed by atoms with Crippen molar-refractivity contribution in [3.05, 3.63) is 59.1 Å². The van der Waals surface area contributed by atoms with Gasteiger partial charge in [0.25, 0.3) is 0 Å². The highest BCUT2D eigenvalue weighted by Crippen LogP contribution is 2.26. The molecule has 0 saturated carbocycles. The van der Waals surface area contributed by atoms with Crippen LogP contribution in [0.15, 0.2) is 53.7 Å². The van der Waals surface area contributed by atoms with Crippen molar-refractivity contribution < 1.29 is 8.42 Å². The highest BCUT2D eigenvalue weighted by Gasteiger charge is 2.03. The van der Waals surface area contributed by atoms with Crippen molar-refractivity contribution in [3.8, 4) is 0 Å². The van der Waals surface area contributed by atoms with E-state index >= 15 is 0 Å². The Bertz CT molecular complexity index is 592. The summed E-state index contributed by atoms with van der Waals surface area (Å²) in [6.07, 6.45) is 2.98. The molecular weight excluding hydrogens is 236 g/mol.